The summed E-state index contributed by atoms with van der Waals surface area (Å²) in [6.07, 6.45) is 3.91. The van der Waals surface area contributed by atoms with Crippen molar-refractivity contribution in [2.75, 3.05) is 0 Å². The molecule has 2 aromatic heterocycles. The van der Waals surface area contributed by atoms with Gasteiger partial charge in [-0.25, -0.2) is 4.98 Å². The van der Waals surface area contributed by atoms with Gasteiger partial charge in [0.1, 0.15) is 5.82 Å². The second-order valence-electron chi connectivity index (χ2n) is 6.80. The van der Waals surface area contributed by atoms with Crippen LogP contribution in [0.25, 0.3) is 11.0 Å². The van der Waals surface area contributed by atoms with Crippen LogP contribution in [0.4, 0.5) is 0 Å². The Labute approximate surface area is 147 Å². The zero-order valence-electron chi connectivity index (χ0n) is 14.8. The molecule has 1 amide bonds. The number of carbonyl (C=O) groups is 1. The molecule has 1 aliphatic carbocycles. The van der Waals surface area contributed by atoms with Crippen LogP contribution in [0.15, 0.2) is 42.6 Å². The van der Waals surface area contributed by atoms with E-state index in [9.17, 15) is 4.79 Å². The molecule has 0 spiro atoms. The lowest BCUT2D eigenvalue weighted by molar-refractivity contribution is 0.0670. The summed E-state index contributed by atoms with van der Waals surface area (Å²) < 4.78 is 2.04. The van der Waals surface area contributed by atoms with Gasteiger partial charge in [-0.1, -0.05) is 6.07 Å². The fourth-order valence-corrected chi connectivity index (χ4v) is 3.38. The summed E-state index contributed by atoms with van der Waals surface area (Å²) in [6.45, 7) is 4.03. The molecule has 2 heterocycles. The van der Waals surface area contributed by atoms with Crippen molar-refractivity contribution < 1.29 is 4.79 Å². The number of pyridine rings is 1. The van der Waals surface area contributed by atoms with Gasteiger partial charge in [0.25, 0.3) is 5.91 Å². The van der Waals surface area contributed by atoms with E-state index < -0.39 is 0 Å². The van der Waals surface area contributed by atoms with E-state index in [2.05, 4.69) is 16.9 Å². The minimum Gasteiger partial charge on any atom is -0.331 e. The molecular weight excluding hydrogens is 312 g/mol. The molecule has 1 saturated carbocycles. The zero-order chi connectivity index (χ0) is 17.6. The number of aromatic nitrogens is 3. The molecule has 1 aromatic carbocycles. The summed E-state index contributed by atoms with van der Waals surface area (Å²) in [4.78, 5) is 24.2. The van der Waals surface area contributed by atoms with Crippen molar-refractivity contribution in [3.63, 3.8) is 0 Å². The first-order valence-electron chi connectivity index (χ1n) is 8.73. The minimum atomic E-state index is -0.0395. The Morgan fingerprint density at radius 3 is 2.76 bits per heavy atom. The number of nitrogens with zero attached hydrogens (tertiary/aromatic N) is 4. The van der Waals surface area contributed by atoms with Crippen molar-refractivity contribution in [1.29, 1.82) is 0 Å². The van der Waals surface area contributed by atoms with Crippen LogP contribution in [-0.2, 0) is 7.05 Å². The van der Waals surface area contributed by atoms with Crippen molar-refractivity contribution >= 4 is 16.9 Å². The largest absolute Gasteiger partial charge is 0.331 e. The number of fused-ring (bicyclic) bond motifs is 1. The molecule has 5 nitrogen and oxygen atoms in total. The minimum absolute atomic E-state index is 0.0395. The molecule has 0 bridgehead atoms. The average molecular weight is 334 g/mol. The quantitative estimate of drug-likeness (QED) is 0.732. The van der Waals surface area contributed by atoms with Gasteiger partial charge in [0, 0.05) is 24.8 Å². The first-order valence-corrected chi connectivity index (χ1v) is 8.73. The van der Waals surface area contributed by atoms with Crippen LogP contribution in [0.1, 0.15) is 47.7 Å². The maximum Gasteiger partial charge on any atom is 0.254 e. The Morgan fingerprint density at radius 2 is 2.08 bits per heavy atom. The fourth-order valence-electron chi connectivity index (χ4n) is 3.38. The molecule has 0 saturated heterocycles. The monoisotopic (exact) mass is 334 g/mol. The van der Waals surface area contributed by atoms with Crippen LogP contribution in [-0.4, -0.2) is 31.4 Å². The summed E-state index contributed by atoms with van der Waals surface area (Å²) in [5, 5.41) is 0. The highest BCUT2D eigenvalue weighted by atomic mass is 16.2. The molecule has 1 atom stereocenters. The highest BCUT2D eigenvalue weighted by molar-refractivity contribution is 5.98. The van der Waals surface area contributed by atoms with Gasteiger partial charge in [0.05, 0.1) is 22.8 Å². The lowest BCUT2D eigenvalue weighted by Crippen LogP contribution is -2.35. The molecule has 5 heteroatoms. The van der Waals surface area contributed by atoms with Crippen molar-refractivity contribution in [2.45, 2.75) is 38.8 Å². The first-order chi connectivity index (χ1) is 12.1. The summed E-state index contributed by atoms with van der Waals surface area (Å²) in [5.74, 6) is 1.01. The van der Waals surface area contributed by atoms with Gasteiger partial charge in [-0.3, -0.25) is 9.78 Å². The van der Waals surface area contributed by atoms with Crippen LogP contribution in [0.3, 0.4) is 0 Å². The zero-order valence-corrected chi connectivity index (χ0v) is 14.8. The topological polar surface area (TPSA) is 51.0 Å². The lowest BCUT2D eigenvalue weighted by atomic mass is 10.1. The fraction of sp³-hybridized carbons (Fsp3) is 0.350. The highest BCUT2D eigenvalue weighted by Gasteiger charge is 2.37. The smallest absolute Gasteiger partial charge is 0.254 e. The van der Waals surface area contributed by atoms with E-state index in [4.69, 9.17) is 0 Å². The number of imidazole rings is 1. The van der Waals surface area contributed by atoms with Gasteiger partial charge in [0.15, 0.2) is 0 Å². The van der Waals surface area contributed by atoms with Crippen LogP contribution in [0.2, 0.25) is 0 Å². The maximum atomic E-state index is 13.2. The predicted octanol–water partition coefficient (Wildman–Crippen LogP) is 3.64. The molecule has 3 aromatic rings. The third-order valence-electron chi connectivity index (χ3n) is 5.06. The Kier molecular flexibility index (Phi) is 3.79. The van der Waals surface area contributed by atoms with Gasteiger partial charge in [-0.15, -0.1) is 0 Å². The summed E-state index contributed by atoms with van der Waals surface area (Å²) in [5.41, 5.74) is 3.54. The predicted molar refractivity (Wildman–Crippen MR) is 97.3 cm³/mol. The number of amides is 1. The Balaban J connectivity index is 1.69. The van der Waals surface area contributed by atoms with Crippen molar-refractivity contribution in [2.24, 2.45) is 7.05 Å². The number of hydrogen-bond acceptors (Lipinski definition) is 3. The third kappa shape index (κ3) is 2.80. The van der Waals surface area contributed by atoms with E-state index in [0.717, 1.165) is 35.4 Å². The van der Waals surface area contributed by atoms with Gasteiger partial charge in [-0.05, 0) is 57.0 Å². The Bertz CT molecular complexity index is 928. The molecule has 0 N–H and O–H groups in total. The number of benzene rings is 1. The standard InChI is InChI=1S/C20H22N4O/c1-13(17-6-4-5-11-21-17)24(16-8-9-16)20(25)15-7-10-19-18(12-15)22-14(2)23(19)3/h4-7,10-13,16H,8-9H2,1-3H3/t13-/m0/s1. The van der Waals surface area contributed by atoms with Gasteiger partial charge in [0.2, 0.25) is 0 Å². The van der Waals surface area contributed by atoms with Crippen molar-refractivity contribution in [3.05, 3.63) is 59.7 Å². The third-order valence-corrected chi connectivity index (χ3v) is 5.06. The number of carbonyl (C=O) groups excluding carboxylic acids is 1. The van der Waals surface area contributed by atoms with Crippen LogP contribution in [0, 0.1) is 6.92 Å². The molecular formula is C20H22N4O. The van der Waals surface area contributed by atoms with Crippen molar-refractivity contribution in [3.8, 4) is 0 Å². The number of rotatable bonds is 4. The summed E-state index contributed by atoms with van der Waals surface area (Å²) >= 11 is 0. The molecule has 4 rings (SSSR count). The Hall–Kier alpha value is -2.69. The Morgan fingerprint density at radius 1 is 1.28 bits per heavy atom. The van der Waals surface area contributed by atoms with Crippen LogP contribution >= 0.6 is 0 Å². The summed E-state index contributed by atoms with van der Waals surface area (Å²) in [7, 11) is 1.99. The van der Waals surface area contributed by atoms with E-state index in [-0.39, 0.29) is 11.9 Å². The second-order valence-corrected chi connectivity index (χ2v) is 6.80. The first kappa shape index (κ1) is 15.8. The normalized spacial score (nSPS) is 15.3. The van der Waals surface area contributed by atoms with E-state index >= 15 is 0 Å². The van der Waals surface area contributed by atoms with E-state index in [1.807, 2.05) is 59.8 Å². The molecule has 0 radical (unpaired) electrons. The number of aryl methyl sites for hydroxylation is 2. The SMILES string of the molecule is Cc1nc2cc(C(=O)N(C3CC3)[C@@H](C)c3ccccn3)ccc2n1C. The van der Waals surface area contributed by atoms with Crippen molar-refractivity contribution in [1.82, 2.24) is 19.4 Å². The molecule has 0 unspecified atom stereocenters. The van der Waals surface area contributed by atoms with E-state index in [0.29, 0.717) is 11.6 Å². The van der Waals surface area contributed by atoms with Gasteiger partial charge < -0.3 is 9.47 Å². The molecule has 1 fully saturated rings. The summed E-state index contributed by atoms with van der Waals surface area (Å²) in [6, 6.07) is 11.9. The van der Waals surface area contributed by atoms with Crippen LogP contribution < -0.4 is 0 Å². The maximum absolute atomic E-state index is 13.2. The molecule has 128 valence electrons. The number of hydrogen-bond donors (Lipinski definition) is 0. The molecule has 1 aliphatic rings. The highest BCUT2D eigenvalue weighted by Crippen LogP contribution is 2.35. The molecule has 25 heavy (non-hydrogen) atoms. The van der Waals surface area contributed by atoms with E-state index in [1.54, 1.807) is 6.20 Å². The lowest BCUT2D eigenvalue weighted by Gasteiger charge is -2.29. The van der Waals surface area contributed by atoms with E-state index in [1.165, 1.54) is 0 Å². The van der Waals surface area contributed by atoms with Gasteiger partial charge >= 0.3 is 0 Å². The molecule has 0 aliphatic heterocycles. The average Bonchev–Trinajstić information content (AvgIpc) is 3.42. The second kappa shape index (κ2) is 5.99. The van der Waals surface area contributed by atoms with Crippen LogP contribution in [0.5, 0.6) is 0 Å². The van der Waals surface area contributed by atoms with Gasteiger partial charge in [-0.2, -0.15) is 0 Å².